The summed E-state index contributed by atoms with van der Waals surface area (Å²) in [5.74, 6) is 0.0851. The molecule has 3 rings (SSSR count). The summed E-state index contributed by atoms with van der Waals surface area (Å²) in [5.41, 5.74) is 0.945. The van der Waals surface area contributed by atoms with Crippen molar-refractivity contribution in [3.8, 4) is 0 Å². The van der Waals surface area contributed by atoms with Crippen molar-refractivity contribution in [2.45, 2.75) is 25.4 Å². The maximum Gasteiger partial charge on any atom is 0.269 e. The Hall–Kier alpha value is -1.54. The van der Waals surface area contributed by atoms with Crippen molar-refractivity contribution in [3.05, 3.63) is 39.9 Å². The Morgan fingerprint density at radius 2 is 2.10 bits per heavy atom. The van der Waals surface area contributed by atoms with Crippen molar-refractivity contribution in [3.63, 3.8) is 0 Å². The molecule has 0 amide bonds. The average molecular weight is 294 g/mol. The Kier molecular flexibility index (Phi) is 3.90. The van der Waals surface area contributed by atoms with Crippen LogP contribution in [-0.2, 0) is 14.3 Å². The molecule has 0 radical (unpaired) electrons. The molecule has 0 aliphatic carbocycles. The van der Waals surface area contributed by atoms with Gasteiger partial charge in [-0.25, -0.2) is 0 Å². The number of hydrogen-bond acceptors (Lipinski definition) is 6. The monoisotopic (exact) mass is 294 g/mol. The van der Waals surface area contributed by atoms with Crippen LogP contribution < -0.4 is 0 Å². The highest BCUT2D eigenvalue weighted by Crippen LogP contribution is 2.40. The highest BCUT2D eigenvalue weighted by Gasteiger charge is 2.44. The lowest BCUT2D eigenvalue weighted by molar-refractivity contribution is -0.385. The molecule has 2 aliphatic heterocycles. The van der Waals surface area contributed by atoms with Crippen LogP contribution in [0.5, 0.6) is 0 Å². The van der Waals surface area contributed by atoms with Crippen LogP contribution in [0, 0.1) is 16.0 Å². The number of nitrogens with zero attached hydrogens (tertiary/aromatic N) is 2. The van der Waals surface area contributed by atoms with Crippen LogP contribution in [0.2, 0.25) is 0 Å². The first-order valence-corrected chi connectivity index (χ1v) is 6.93. The van der Waals surface area contributed by atoms with Crippen LogP contribution in [0.1, 0.15) is 18.5 Å². The summed E-state index contributed by atoms with van der Waals surface area (Å²) in [5, 5.41) is 12.7. The number of nitro benzene ring substituents is 1. The molecule has 114 valence electrons. The molecule has 0 spiro atoms. The molecule has 7 nitrogen and oxygen atoms in total. The third kappa shape index (κ3) is 2.77. The Balaban J connectivity index is 1.89. The Bertz CT molecular complexity index is 538. The van der Waals surface area contributed by atoms with Crippen LogP contribution in [0.15, 0.2) is 24.3 Å². The molecule has 1 aromatic rings. The number of rotatable bonds is 2. The number of fused-ring (bicyclic) bond motifs is 1. The first-order valence-electron chi connectivity index (χ1n) is 6.93. The van der Waals surface area contributed by atoms with Gasteiger partial charge in [0, 0.05) is 25.1 Å². The third-order valence-corrected chi connectivity index (χ3v) is 4.02. The number of nitro groups is 1. The zero-order chi connectivity index (χ0) is 15.0. The number of hydroxylamine groups is 2. The molecular weight excluding hydrogens is 276 g/mol. The van der Waals surface area contributed by atoms with Gasteiger partial charge >= 0.3 is 0 Å². The highest BCUT2D eigenvalue weighted by molar-refractivity contribution is 5.36. The molecule has 2 aliphatic rings. The average Bonchev–Trinajstić information content (AvgIpc) is 2.68. The molecule has 21 heavy (non-hydrogen) atoms. The summed E-state index contributed by atoms with van der Waals surface area (Å²) >= 11 is 0. The van der Waals surface area contributed by atoms with E-state index in [4.69, 9.17) is 14.3 Å². The third-order valence-electron chi connectivity index (χ3n) is 4.02. The van der Waals surface area contributed by atoms with Crippen molar-refractivity contribution in [1.29, 1.82) is 0 Å². The molecule has 0 bridgehead atoms. The predicted octanol–water partition coefficient (Wildman–Crippen LogP) is 1.89. The fraction of sp³-hybridized carbons (Fsp3) is 0.571. The van der Waals surface area contributed by atoms with Crippen LogP contribution >= 0.6 is 0 Å². The molecule has 1 aromatic carbocycles. The van der Waals surface area contributed by atoms with E-state index in [0.717, 1.165) is 5.56 Å². The van der Waals surface area contributed by atoms with E-state index < -0.39 is 0 Å². The topological polar surface area (TPSA) is 74.1 Å². The smallest absolute Gasteiger partial charge is 0.269 e. The summed E-state index contributed by atoms with van der Waals surface area (Å²) < 4.78 is 11.2. The van der Waals surface area contributed by atoms with E-state index in [2.05, 4.69) is 0 Å². The van der Waals surface area contributed by atoms with E-state index in [1.54, 1.807) is 17.2 Å². The van der Waals surface area contributed by atoms with E-state index in [1.165, 1.54) is 6.07 Å². The number of hydrogen-bond donors (Lipinski definition) is 0. The van der Waals surface area contributed by atoms with Crippen molar-refractivity contribution in [1.82, 2.24) is 5.06 Å². The maximum atomic E-state index is 10.9. The fourth-order valence-corrected chi connectivity index (χ4v) is 2.99. The zero-order valence-electron chi connectivity index (χ0n) is 12.0. The number of non-ortho nitro benzene ring substituents is 1. The quantitative estimate of drug-likeness (QED) is 0.612. The molecular formula is C14H18N2O5. The standard InChI is InChI=1S/C14H18N2O5/c1-9-19-7-12-13(8-20-9)21-15(2)14(12)10-4-3-5-11(6-10)16(17)18/h3-6,9,12-14H,7-8H2,1-2H3/t9-,12+,13-,14-/m0/s1. The number of benzene rings is 1. The first kappa shape index (κ1) is 14.4. The van der Waals surface area contributed by atoms with Gasteiger partial charge in [-0.05, 0) is 12.5 Å². The predicted molar refractivity (Wildman–Crippen MR) is 73.3 cm³/mol. The number of ether oxygens (including phenoxy) is 2. The lowest BCUT2D eigenvalue weighted by Gasteiger charge is -2.23. The Morgan fingerprint density at radius 1 is 1.33 bits per heavy atom. The lowest BCUT2D eigenvalue weighted by Crippen LogP contribution is -2.25. The van der Waals surface area contributed by atoms with Crippen molar-refractivity contribution < 1.29 is 19.2 Å². The minimum absolute atomic E-state index is 0.0798. The summed E-state index contributed by atoms with van der Waals surface area (Å²) in [6, 6.07) is 6.59. The summed E-state index contributed by atoms with van der Waals surface area (Å²) in [7, 11) is 1.83. The Morgan fingerprint density at radius 3 is 2.86 bits per heavy atom. The van der Waals surface area contributed by atoms with Crippen LogP contribution in [-0.4, -0.2) is 42.6 Å². The molecule has 0 saturated carbocycles. The second-order valence-corrected chi connectivity index (χ2v) is 5.39. The Labute approximate surface area is 122 Å². The van der Waals surface area contributed by atoms with Gasteiger partial charge in [0.15, 0.2) is 6.29 Å². The normalized spacial score (nSPS) is 33.4. The minimum Gasteiger partial charge on any atom is -0.353 e. The summed E-state index contributed by atoms with van der Waals surface area (Å²) in [6.45, 7) is 2.82. The summed E-state index contributed by atoms with van der Waals surface area (Å²) in [4.78, 5) is 16.4. The molecule has 2 fully saturated rings. The van der Waals surface area contributed by atoms with Gasteiger partial charge in [-0.2, -0.15) is 5.06 Å². The first-order chi connectivity index (χ1) is 10.1. The zero-order valence-corrected chi connectivity index (χ0v) is 12.0. The molecule has 0 aromatic heterocycles. The molecule has 2 saturated heterocycles. The van der Waals surface area contributed by atoms with E-state index in [-0.39, 0.29) is 35.0 Å². The van der Waals surface area contributed by atoms with E-state index in [0.29, 0.717) is 13.2 Å². The van der Waals surface area contributed by atoms with E-state index in [9.17, 15) is 10.1 Å². The molecule has 0 unspecified atom stereocenters. The van der Waals surface area contributed by atoms with Gasteiger partial charge < -0.3 is 9.47 Å². The van der Waals surface area contributed by atoms with E-state index in [1.807, 2.05) is 20.0 Å². The SMILES string of the molecule is C[C@H]1OC[C@@H]2[C@H](CO1)ON(C)[C@H]2c1cccc([N+](=O)[O-])c1. The highest BCUT2D eigenvalue weighted by atomic mass is 16.7. The van der Waals surface area contributed by atoms with Gasteiger partial charge in [0.2, 0.25) is 0 Å². The molecule has 4 atom stereocenters. The second kappa shape index (κ2) is 5.69. The fourth-order valence-electron chi connectivity index (χ4n) is 2.99. The van der Waals surface area contributed by atoms with Gasteiger partial charge in [0.25, 0.3) is 5.69 Å². The second-order valence-electron chi connectivity index (χ2n) is 5.39. The lowest BCUT2D eigenvalue weighted by atomic mass is 9.90. The van der Waals surface area contributed by atoms with Gasteiger partial charge in [0.05, 0.1) is 24.2 Å². The van der Waals surface area contributed by atoms with E-state index >= 15 is 0 Å². The van der Waals surface area contributed by atoms with Crippen LogP contribution in [0.25, 0.3) is 0 Å². The van der Waals surface area contributed by atoms with Gasteiger partial charge in [0.1, 0.15) is 6.10 Å². The molecule has 2 heterocycles. The molecule has 7 heteroatoms. The largest absolute Gasteiger partial charge is 0.353 e. The van der Waals surface area contributed by atoms with Crippen LogP contribution in [0.3, 0.4) is 0 Å². The van der Waals surface area contributed by atoms with Crippen LogP contribution in [0.4, 0.5) is 5.69 Å². The van der Waals surface area contributed by atoms with Crippen molar-refractivity contribution >= 4 is 5.69 Å². The summed E-state index contributed by atoms with van der Waals surface area (Å²) in [6.07, 6.45) is -0.348. The maximum absolute atomic E-state index is 10.9. The molecule has 0 N–H and O–H groups in total. The minimum atomic E-state index is -0.383. The van der Waals surface area contributed by atoms with Gasteiger partial charge in [-0.1, -0.05) is 12.1 Å². The van der Waals surface area contributed by atoms with Gasteiger partial charge in [-0.3, -0.25) is 15.0 Å². The van der Waals surface area contributed by atoms with Crippen molar-refractivity contribution in [2.75, 3.05) is 20.3 Å². The van der Waals surface area contributed by atoms with Crippen molar-refractivity contribution in [2.24, 2.45) is 5.92 Å². The van der Waals surface area contributed by atoms with Gasteiger partial charge in [-0.15, -0.1) is 0 Å².